The Bertz CT molecular complexity index is 574. The topological polar surface area (TPSA) is 70.6 Å². The minimum Gasteiger partial charge on any atom is -0.336 e. The summed E-state index contributed by atoms with van der Waals surface area (Å²) in [5.74, 6) is 0.0339. The maximum absolute atomic E-state index is 12.3. The number of hydrogen-bond donors (Lipinski definition) is 0. The van der Waals surface area contributed by atoms with Crippen LogP contribution >= 0.6 is 0 Å². The Labute approximate surface area is 125 Å². The molecule has 6 nitrogen and oxygen atoms in total. The first-order chi connectivity index (χ1) is 10.0. The van der Waals surface area contributed by atoms with E-state index in [0.717, 1.165) is 0 Å². The van der Waals surface area contributed by atoms with E-state index in [1.807, 2.05) is 6.92 Å². The molecule has 1 aliphatic heterocycles. The Kier molecular flexibility index (Phi) is 5.30. The predicted octanol–water partition coefficient (Wildman–Crippen LogP) is 0.969. The summed E-state index contributed by atoms with van der Waals surface area (Å²) in [7, 11) is -3.19. The molecule has 0 aliphatic carbocycles. The van der Waals surface area contributed by atoms with Crippen LogP contribution in [0.25, 0.3) is 0 Å². The molecule has 116 valence electrons. The molecule has 1 aliphatic rings. The highest BCUT2D eigenvalue weighted by Gasteiger charge is 2.26. The van der Waals surface area contributed by atoms with Crippen molar-refractivity contribution >= 4 is 15.9 Å². The lowest BCUT2D eigenvalue weighted by Crippen LogP contribution is -2.38. The van der Waals surface area contributed by atoms with Gasteiger partial charge in [0, 0.05) is 32.4 Å². The summed E-state index contributed by atoms with van der Waals surface area (Å²) < 4.78 is 25.7. The van der Waals surface area contributed by atoms with Crippen molar-refractivity contribution in [2.75, 3.05) is 31.9 Å². The Morgan fingerprint density at radius 3 is 2.71 bits per heavy atom. The van der Waals surface area contributed by atoms with Gasteiger partial charge in [0.05, 0.1) is 5.75 Å². The third kappa shape index (κ3) is 4.01. The lowest BCUT2D eigenvalue weighted by Gasteiger charge is -2.21. The molecule has 2 rings (SSSR count). The van der Waals surface area contributed by atoms with E-state index in [9.17, 15) is 13.2 Å². The molecule has 0 unspecified atom stereocenters. The monoisotopic (exact) mass is 311 g/mol. The Hall–Kier alpha value is -1.47. The van der Waals surface area contributed by atoms with Gasteiger partial charge in [-0.3, -0.25) is 9.78 Å². The van der Waals surface area contributed by atoms with Gasteiger partial charge in [-0.05, 0) is 25.0 Å². The third-order valence-electron chi connectivity index (χ3n) is 3.48. The summed E-state index contributed by atoms with van der Waals surface area (Å²) in [4.78, 5) is 18.1. The van der Waals surface area contributed by atoms with Crippen molar-refractivity contribution in [2.45, 2.75) is 19.8 Å². The van der Waals surface area contributed by atoms with Crippen LogP contribution in [0.3, 0.4) is 0 Å². The average Bonchev–Trinajstić information content (AvgIpc) is 2.74. The first-order valence-corrected chi connectivity index (χ1v) is 8.83. The molecule has 0 atom stereocenters. The fraction of sp³-hybridized carbons (Fsp3) is 0.571. The summed E-state index contributed by atoms with van der Waals surface area (Å²) in [6.07, 6.45) is 2.85. The molecule has 0 bridgehead atoms. The van der Waals surface area contributed by atoms with E-state index < -0.39 is 10.0 Å². The number of nitrogens with zero attached hydrogens (tertiary/aromatic N) is 3. The Balaban J connectivity index is 2.03. The molecule has 1 amide bonds. The van der Waals surface area contributed by atoms with Gasteiger partial charge in [-0.2, -0.15) is 0 Å². The highest BCUT2D eigenvalue weighted by Crippen LogP contribution is 2.11. The Morgan fingerprint density at radius 2 is 2.05 bits per heavy atom. The molecule has 0 aromatic carbocycles. The molecule has 0 radical (unpaired) electrons. The quantitative estimate of drug-likeness (QED) is 0.831. The van der Waals surface area contributed by atoms with E-state index in [1.54, 1.807) is 29.3 Å². The van der Waals surface area contributed by atoms with Crippen molar-refractivity contribution in [2.24, 2.45) is 0 Å². The van der Waals surface area contributed by atoms with Gasteiger partial charge in [0.25, 0.3) is 5.91 Å². The van der Waals surface area contributed by atoms with E-state index in [4.69, 9.17) is 0 Å². The van der Waals surface area contributed by atoms with Crippen molar-refractivity contribution in [3.8, 4) is 0 Å². The van der Waals surface area contributed by atoms with Gasteiger partial charge in [0.2, 0.25) is 10.0 Å². The van der Waals surface area contributed by atoms with E-state index in [1.165, 1.54) is 4.31 Å². The molecule has 1 saturated heterocycles. The number of aromatic nitrogens is 1. The molecule has 1 aromatic rings. The molecular weight excluding hydrogens is 290 g/mol. The van der Waals surface area contributed by atoms with Gasteiger partial charge < -0.3 is 4.90 Å². The smallest absolute Gasteiger partial charge is 0.272 e. The lowest BCUT2D eigenvalue weighted by atomic mass is 10.3. The van der Waals surface area contributed by atoms with Crippen LogP contribution in [-0.4, -0.2) is 60.4 Å². The summed E-state index contributed by atoms with van der Waals surface area (Å²) in [6, 6.07) is 5.22. The molecule has 0 spiro atoms. The van der Waals surface area contributed by atoms with Crippen molar-refractivity contribution in [1.82, 2.24) is 14.2 Å². The third-order valence-corrected chi connectivity index (χ3v) is 5.56. The minimum absolute atomic E-state index is 0.134. The van der Waals surface area contributed by atoms with Crippen LogP contribution in [0, 0.1) is 0 Å². The molecule has 7 heteroatoms. The molecule has 1 fully saturated rings. The van der Waals surface area contributed by atoms with Crippen LogP contribution < -0.4 is 0 Å². The highest BCUT2D eigenvalue weighted by molar-refractivity contribution is 7.89. The van der Waals surface area contributed by atoms with Crippen LogP contribution in [0.4, 0.5) is 0 Å². The van der Waals surface area contributed by atoms with Gasteiger partial charge in [-0.1, -0.05) is 13.0 Å². The molecule has 21 heavy (non-hydrogen) atoms. The number of carbonyl (C=O) groups excluding carboxylic acids is 1. The number of hydrogen-bond acceptors (Lipinski definition) is 4. The largest absolute Gasteiger partial charge is 0.336 e. The number of amides is 1. The summed E-state index contributed by atoms with van der Waals surface area (Å²) in [5.41, 5.74) is 0.405. The number of pyridine rings is 1. The van der Waals surface area contributed by atoms with E-state index >= 15 is 0 Å². The van der Waals surface area contributed by atoms with Crippen molar-refractivity contribution in [1.29, 1.82) is 0 Å². The molecule has 1 aromatic heterocycles. The zero-order valence-electron chi connectivity index (χ0n) is 12.2. The number of carbonyl (C=O) groups is 1. The highest BCUT2D eigenvalue weighted by atomic mass is 32.2. The van der Waals surface area contributed by atoms with Crippen LogP contribution in [0.1, 0.15) is 30.3 Å². The van der Waals surface area contributed by atoms with Gasteiger partial charge in [0.1, 0.15) is 5.69 Å². The van der Waals surface area contributed by atoms with Crippen molar-refractivity contribution in [3.63, 3.8) is 0 Å². The maximum Gasteiger partial charge on any atom is 0.272 e. The lowest BCUT2D eigenvalue weighted by molar-refractivity contribution is 0.0758. The zero-order valence-corrected chi connectivity index (χ0v) is 13.1. The van der Waals surface area contributed by atoms with Crippen molar-refractivity contribution in [3.05, 3.63) is 30.1 Å². The van der Waals surface area contributed by atoms with Gasteiger partial charge in [-0.25, -0.2) is 12.7 Å². The first kappa shape index (κ1) is 15.9. The van der Waals surface area contributed by atoms with Gasteiger partial charge in [0.15, 0.2) is 0 Å². The maximum atomic E-state index is 12.3. The molecule has 0 saturated carbocycles. The second-order valence-electron chi connectivity index (χ2n) is 5.08. The standard InChI is InChI=1S/C14H21N3O3S/c1-2-12-21(19,20)17-9-5-8-16(10-11-17)14(18)13-6-3-4-7-15-13/h3-4,6-7H,2,5,8-12H2,1H3. The summed E-state index contributed by atoms with van der Waals surface area (Å²) in [6.45, 7) is 3.67. The molecule has 2 heterocycles. The molecule has 0 N–H and O–H groups in total. The first-order valence-electron chi connectivity index (χ1n) is 7.22. The number of sulfonamides is 1. The average molecular weight is 311 g/mol. The van der Waals surface area contributed by atoms with Crippen LogP contribution in [0.15, 0.2) is 24.4 Å². The van der Waals surface area contributed by atoms with E-state index in [2.05, 4.69) is 4.98 Å². The fourth-order valence-corrected chi connectivity index (χ4v) is 3.95. The zero-order chi connectivity index (χ0) is 15.3. The Morgan fingerprint density at radius 1 is 1.24 bits per heavy atom. The van der Waals surface area contributed by atoms with Crippen LogP contribution in [-0.2, 0) is 10.0 Å². The predicted molar refractivity (Wildman–Crippen MR) is 80.4 cm³/mol. The number of rotatable bonds is 4. The normalized spacial score (nSPS) is 17.5. The van der Waals surface area contributed by atoms with Crippen LogP contribution in [0.2, 0.25) is 0 Å². The SMILES string of the molecule is CCCS(=O)(=O)N1CCCN(C(=O)c2ccccn2)CC1. The second kappa shape index (κ2) is 7.00. The summed E-state index contributed by atoms with van der Waals surface area (Å²) in [5, 5.41) is 0. The van der Waals surface area contributed by atoms with E-state index in [-0.39, 0.29) is 11.7 Å². The van der Waals surface area contributed by atoms with E-state index in [0.29, 0.717) is 44.7 Å². The van der Waals surface area contributed by atoms with Gasteiger partial charge in [-0.15, -0.1) is 0 Å². The fourth-order valence-electron chi connectivity index (χ4n) is 2.41. The second-order valence-corrected chi connectivity index (χ2v) is 7.16. The minimum atomic E-state index is -3.19. The van der Waals surface area contributed by atoms with Gasteiger partial charge >= 0.3 is 0 Å². The molecular formula is C14H21N3O3S. The van der Waals surface area contributed by atoms with Crippen molar-refractivity contribution < 1.29 is 13.2 Å². The summed E-state index contributed by atoms with van der Waals surface area (Å²) >= 11 is 0. The van der Waals surface area contributed by atoms with Crippen LogP contribution in [0.5, 0.6) is 0 Å².